The molecule has 1 aromatic rings. The van der Waals surface area contributed by atoms with Gasteiger partial charge in [0.05, 0.1) is 13.0 Å². The third-order valence-electron chi connectivity index (χ3n) is 4.10. The Kier molecular flexibility index (Phi) is 9.83. The first kappa shape index (κ1) is 22.1. The zero-order chi connectivity index (χ0) is 18.1. The molecule has 0 spiro atoms. The molecule has 1 heterocycles. The average molecular weight is 386 g/mol. The van der Waals surface area contributed by atoms with Gasteiger partial charge in [0.25, 0.3) is 5.91 Å². The number of nitrogens with one attached hydrogen (secondary N) is 3. The van der Waals surface area contributed by atoms with Crippen molar-refractivity contribution in [3.63, 3.8) is 0 Å². The van der Waals surface area contributed by atoms with Crippen molar-refractivity contribution in [3.05, 3.63) is 23.8 Å². The molecule has 1 aliphatic heterocycles. The summed E-state index contributed by atoms with van der Waals surface area (Å²) in [6.07, 6.45) is 1.96. The number of carbonyl (C=O) groups excluding carboxylic acids is 2. The molecule has 0 saturated carbocycles. The molecule has 0 bridgehead atoms. The van der Waals surface area contributed by atoms with E-state index in [1.54, 1.807) is 13.2 Å². The number of hydrogen-bond donors (Lipinski definition) is 3. The lowest BCUT2D eigenvalue weighted by atomic mass is 9.99. The first-order chi connectivity index (χ1) is 12.1. The third kappa shape index (κ3) is 6.72. The normalized spacial score (nSPS) is 16.2. The molecule has 0 aromatic heterocycles. The van der Waals surface area contributed by atoms with Gasteiger partial charge in [-0.05, 0) is 44.0 Å². The van der Waals surface area contributed by atoms with Crippen LogP contribution in [0, 0.1) is 5.92 Å². The van der Waals surface area contributed by atoms with Gasteiger partial charge in [0, 0.05) is 19.6 Å². The van der Waals surface area contributed by atoms with Crippen LogP contribution in [0.1, 0.15) is 25.3 Å². The van der Waals surface area contributed by atoms with E-state index in [4.69, 9.17) is 9.47 Å². The van der Waals surface area contributed by atoms with Gasteiger partial charge in [-0.2, -0.15) is 0 Å². The average Bonchev–Trinajstić information content (AvgIpc) is 2.65. The van der Waals surface area contributed by atoms with Gasteiger partial charge in [-0.15, -0.1) is 12.4 Å². The maximum Gasteiger partial charge on any atom is 0.257 e. The van der Waals surface area contributed by atoms with Gasteiger partial charge in [-0.1, -0.05) is 6.07 Å². The highest BCUT2D eigenvalue weighted by molar-refractivity contribution is 5.85. The Labute approximate surface area is 160 Å². The molecule has 1 atom stereocenters. The van der Waals surface area contributed by atoms with Crippen molar-refractivity contribution in [1.29, 1.82) is 0 Å². The lowest BCUT2D eigenvalue weighted by Gasteiger charge is -2.22. The summed E-state index contributed by atoms with van der Waals surface area (Å²) in [4.78, 5) is 23.7. The van der Waals surface area contributed by atoms with Crippen LogP contribution in [0.25, 0.3) is 0 Å². The monoisotopic (exact) mass is 385 g/mol. The van der Waals surface area contributed by atoms with Crippen molar-refractivity contribution >= 4 is 24.2 Å². The number of methoxy groups -OCH3 is 1. The highest BCUT2D eigenvalue weighted by Crippen LogP contribution is 2.28. The van der Waals surface area contributed by atoms with Crippen LogP contribution in [0.3, 0.4) is 0 Å². The summed E-state index contributed by atoms with van der Waals surface area (Å²) in [6.45, 7) is 4.51. The van der Waals surface area contributed by atoms with Crippen molar-refractivity contribution < 1.29 is 19.1 Å². The number of hydrogen-bond acceptors (Lipinski definition) is 5. The minimum absolute atomic E-state index is 0. The predicted molar refractivity (Wildman–Crippen MR) is 102 cm³/mol. The van der Waals surface area contributed by atoms with Gasteiger partial charge in [0.1, 0.15) is 0 Å². The molecule has 7 nitrogen and oxygen atoms in total. The van der Waals surface area contributed by atoms with Crippen LogP contribution in [0.4, 0.5) is 0 Å². The van der Waals surface area contributed by atoms with Crippen molar-refractivity contribution in [2.45, 2.75) is 26.3 Å². The van der Waals surface area contributed by atoms with Crippen LogP contribution < -0.4 is 25.4 Å². The molecule has 8 heteroatoms. The molecule has 1 aromatic carbocycles. The number of halogens is 1. The molecule has 1 saturated heterocycles. The van der Waals surface area contributed by atoms with E-state index in [1.807, 2.05) is 19.1 Å². The Morgan fingerprint density at radius 3 is 2.73 bits per heavy atom. The van der Waals surface area contributed by atoms with Gasteiger partial charge in [-0.25, -0.2) is 0 Å². The van der Waals surface area contributed by atoms with Crippen LogP contribution >= 0.6 is 12.4 Å². The molecular formula is C18H28ClN3O4. The minimum Gasteiger partial charge on any atom is -0.493 e. The zero-order valence-corrected chi connectivity index (χ0v) is 16.1. The fraction of sp³-hybridized carbons (Fsp3) is 0.556. The Balaban J connectivity index is 0.00000338. The summed E-state index contributed by atoms with van der Waals surface area (Å²) in [7, 11) is 1.55. The molecule has 0 aliphatic carbocycles. The molecule has 2 amide bonds. The topological polar surface area (TPSA) is 88.7 Å². The second-order valence-corrected chi connectivity index (χ2v) is 5.99. The fourth-order valence-electron chi connectivity index (χ4n) is 2.74. The van der Waals surface area contributed by atoms with Crippen LogP contribution in [-0.4, -0.2) is 45.2 Å². The number of benzene rings is 1. The quantitative estimate of drug-likeness (QED) is 0.626. The Bertz CT molecular complexity index is 592. The predicted octanol–water partition coefficient (Wildman–Crippen LogP) is 1.25. The maximum absolute atomic E-state index is 12.2. The number of likely N-dealkylation sites (N-methyl/N-ethyl adjacent to an activating group) is 1. The third-order valence-corrected chi connectivity index (χ3v) is 4.10. The van der Waals surface area contributed by atoms with Crippen LogP contribution in [0.2, 0.25) is 0 Å². The number of piperidine rings is 1. The molecule has 2 rings (SSSR count). The molecule has 146 valence electrons. The van der Waals surface area contributed by atoms with Gasteiger partial charge >= 0.3 is 0 Å². The van der Waals surface area contributed by atoms with E-state index < -0.39 is 0 Å². The summed E-state index contributed by atoms with van der Waals surface area (Å²) < 4.78 is 10.8. The van der Waals surface area contributed by atoms with E-state index in [2.05, 4.69) is 16.0 Å². The Morgan fingerprint density at radius 1 is 1.27 bits per heavy atom. The number of ether oxygens (including phenoxy) is 2. The highest BCUT2D eigenvalue weighted by atomic mass is 35.5. The van der Waals surface area contributed by atoms with Gasteiger partial charge < -0.3 is 25.4 Å². The summed E-state index contributed by atoms with van der Waals surface area (Å²) in [6, 6.07) is 5.42. The smallest absolute Gasteiger partial charge is 0.257 e. The van der Waals surface area contributed by atoms with Gasteiger partial charge in [0.2, 0.25) is 5.91 Å². The molecule has 1 fully saturated rings. The first-order valence-electron chi connectivity index (χ1n) is 8.69. The second-order valence-electron chi connectivity index (χ2n) is 5.99. The van der Waals surface area contributed by atoms with E-state index >= 15 is 0 Å². The highest BCUT2D eigenvalue weighted by Gasteiger charge is 2.20. The van der Waals surface area contributed by atoms with Crippen LogP contribution in [0.15, 0.2) is 18.2 Å². The standard InChI is InChI=1S/C18H27N3O4.ClH/c1-3-20-17(22)12-25-15-7-6-13(9-16(15)24-2)10-21-18(23)14-5-4-8-19-11-14;/h6-7,9,14,19H,3-5,8,10-12H2,1-2H3,(H,20,22)(H,21,23);1H. The van der Waals surface area contributed by atoms with Gasteiger partial charge in [-0.3, -0.25) is 9.59 Å². The first-order valence-corrected chi connectivity index (χ1v) is 8.69. The Hall–Kier alpha value is -1.99. The van der Waals surface area contributed by atoms with Crippen molar-refractivity contribution in [1.82, 2.24) is 16.0 Å². The van der Waals surface area contributed by atoms with E-state index in [1.165, 1.54) is 0 Å². The van der Waals surface area contributed by atoms with Crippen molar-refractivity contribution in [2.24, 2.45) is 5.92 Å². The number of rotatable bonds is 8. The zero-order valence-electron chi connectivity index (χ0n) is 15.3. The Morgan fingerprint density at radius 2 is 2.08 bits per heavy atom. The molecule has 1 unspecified atom stereocenters. The van der Waals surface area contributed by atoms with Crippen LogP contribution in [-0.2, 0) is 16.1 Å². The molecular weight excluding hydrogens is 358 g/mol. The second kappa shape index (κ2) is 11.6. The largest absolute Gasteiger partial charge is 0.493 e. The van der Waals surface area contributed by atoms with E-state index in [-0.39, 0.29) is 36.7 Å². The van der Waals surface area contributed by atoms with Crippen molar-refractivity contribution in [2.75, 3.05) is 33.4 Å². The van der Waals surface area contributed by atoms with E-state index in [9.17, 15) is 9.59 Å². The maximum atomic E-state index is 12.2. The van der Waals surface area contributed by atoms with E-state index in [0.29, 0.717) is 24.6 Å². The summed E-state index contributed by atoms with van der Waals surface area (Å²) >= 11 is 0. The number of amides is 2. The van der Waals surface area contributed by atoms with Crippen LogP contribution in [0.5, 0.6) is 11.5 Å². The molecule has 26 heavy (non-hydrogen) atoms. The number of carbonyl (C=O) groups is 2. The SMILES string of the molecule is CCNC(=O)COc1ccc(CNC(=O)C2CCCNC2)cc1OC.Cl. The lowest BCUT2D eigenvalue weighted by Crippen LogP contribution is -2.40. The molecule has 0 radical (unpaired) electrons. The van der Waals surface area contributed by atoms with E-state index in [0.717, 1.165) is 31.5 Å². The fourth-order valence-corrected chi connectivity index (χ4v) is 2.74. The lowest BCUT2D eigenvalue weighted by molar-refractivity contribution is -0.125. The summed E-state index contributed by atoms with van der Waals surface area (Å²) in [5.41, 5.74) is 0.916. The minimum atomic E-state index is -0.179. The summed E-state index contributed by atoms with van der Waals surface area (Å²) in [5.74, 6) is 0.968. The summed E-state index contributed by atoms with van der Waals surface area (Å²) in [5, 5.41) is 8.88. The van der Waals surface area contributed by atoms with Crippen molar-refractivity contribution in [3.8, 4) is 11.5 Å². The van der Waals surface area contributed by atoms with Gasteiger partial charge in [0.15, 0.2) is 18.1 Å². The molecule has 3 N–H and O–H groups in total. The molecule has 1 aliphatic rings.